The SMILES string of the molecule is CC(=O)N1CC[C@@](Cc2cc(-c3ccccc3)no2)(C(=O)N2CCN(C(C)C)CC2)C1. The summed E-state index contributed by atoms with van der Waals surface area (Å²) in [6.07, 6.45) is 1.11. The van der Waals surface area contributed by atoms with Gasteiger partial charge in [0.25, 0.3) is 0 Å². The summed E-state index contributed by atoms with van der Waals surface area (Å²) in [5.74, 6) is 0.845. The Bertz CT molecular complexity index is 918. The number of hydrogen-bond acceptors (Lipinski definition) is 5. The van der Waals surface area contributed by atoms with Crippen LogP contribution >= 0.6 is 0 Å². The van der Waals surface area contributed by atoms with Gasteiger partial charge in [0, 0.05) is 70.3 Å². The standard InChI is InChI=1S/C24H32N4O3/c1-18(2)26-11-13-27(14-12-26)23(30)24(9-10-28(17-24)19(3)29)16-21-15-22(25-31-21)20-7-5-4-6-8-20/h4-8,15,18H,9-14,16-17H2,1-3H3/t24-/m0/s1. The topological polar surface area (TPSA) is 69.9 Å². The molecule has 1 atom stereocenters. The lowest BCUT2D eigenvalue weighted by atomic mass is 9.80. The second-order valence-corrected chi connectivity index (χ2v) is 9.11. The van der Waals surface area contributed by atoms with Crippen LogP contribution in [0.4, 0.5) is 0 Å². The van der Waals surface area contributed by atoms with E-state index < -0.39 is 5.41 Å². The maximum absolute atomic E-state index is 13.8. The Balaban J connectivity index is 1.54. The molecule has 2 fully saturated rings. The predicted molar refractivity (Wildman–Crippen MR) is 118 cm³/mol. The molecule has 166 valence electrons. The average Bonchev–Trinajstić information content (AvgIpc) is 3.42. The van der Waals surface area contributed by atoms with Crippen LogP contribution in [0.25, 0.3) is 11.3 Å². The van der Waals surface area contributed by atoms with Crippen molar-refractivity contribution in [3.8, 4) is 11.3 Å². The number of piperazine rings is 1. The summed E-state index contributed by atoms with van der Waals surface area (Å²) in [5.41, 5.74) is 1.10. The third-order valence-electron chi connectivity index (χ3n) is 6.73. The Hall–Kier alpha value is -2.67. The molecule has 7 nitrogen and oxygen atoms in total. The zero-order valence-corrected chi connectivity index (χ0v) is 18.7. The van der Waals surface area contributed by atoms with Crippen molar-refractivity contribution >= 4 is 11.8 Å². The van der Waals surface area contributed by atoms with E-state index in [0.717, 1.165) is 37.4 Å². The van der Waals surface area contributed by atoms with Crippen molar-refractivity contribution in [1.29, 1.82) is 0 Å². The molecule has 0 saturated carbocycles. The highest BCUT2D eigenvalue weighted by atomic mass is 16.5. The van der Waals surface area contributed by atoms with Gasteiger partial charge in [0.2, 0.25) is 11.8 Å². The van der Waals surface area contributed by atoms with Gasteiger partial charge in [-0.25, -0.2) is 0 Å². The van der Waals surface area contributed by atoms with Gasteiger partial charge in [-0.15, -0.1) is 0 Å². The molecule has 4 rings (SSSR count). The number of likely N-dealkylation sites (tertiary alicyclic amines) is 1. The lowest BCUT2D eigenvalue weighted by Gasteiger charge is -2.40. The second-order valence-electron chi connectivity index (χ2n) is 9.11. The number of benzene rings is 1. The van der Waals surface area contributed by atoms with Gasteiger partial charge in [-0.3, -0.25) is 14.5 Å². The third-order valence-corrected chi connectivity index (χ3v) is 6.73. The molecule has 7 heteroatoms. The summed E-state index contributed by atoms with van der Waals surface area (Å²) in [7, 11) is 0. The van der Waals surface area contributed by atoms with E-state index in [2.05, 4.69) is 23.9 Å². The van der Waals surface area contributed by atoms with Crippen LogP contribution in [0, 0.1) is 5.41 Å². The molecular weight excluding hydrogens is 392 g/mol. The Kier molecular flexibility index (Phi) is 6.14. The highest BCUT2D eigenvalue weighted by Gasteiger charge is 2.48. The first-order valence-corrected chi connectivity index (χ1v) is 11.2. The summed E-state index contributed by atoms with van der Waals surface area (Å²) >= 11 is 0. The van der Waals surface area contributed by atoms with E-state index in [1.165, 1.54) is 0 Å². The van der Waals surface area contributed by atoms with Gasteiger partial charge in [0.05, 0.1) is 5.41 Å². The van der Waals surface area contributed by atoms with Crippen LogP contribution in [-0.2, 0) is 16.0 Å². The van der Waals surface area contributed by atoms with Crippen molar-refractivity contribution in [2.75, 3.05) is 39.3 Å². The molecule has 2 aromatic rings. The smallest absolute Gasteiger partial charge is 0.231 e. The number of carbonyl (C=O) groups is 2. The van der Waals surface area contributed by atoms with Crippen LogP contribution in [-0.4, -0.2) is 77.0 Å². The maximum atomic E-state index is 13.8. The lowest BCUT2D eigenvalue weighted by molar-refractivity contribution is -0.144. The summed E-state index contributed by atoms with van der Waals surface area (Å²) in [6, 6.07) is 12.3. The number of amides is 2. The normalized spacial score (nSPS) is 22.3. The quantitative estimate of drug-likeness (QED) is 0.738. The van der Waals surface area contributed by atoms with Gasteiger partial charge in [0.1, 0.15) is 11.5 Å². The Morgan fingerprint density at radius 3 is 2.39 bits per heavy atom. The minimum Gasteiger partial charge on any atom is -0.361 e. The molecule has 1 aromatic carbocycles. The van der Waals surface area contributed by atoms with Gasteiger partial charge in [-0.2, -0.15) is 0 Å². The molecule has 0 N–H and O–H groups in total. The van der Waals surface area contributed by atoms with Gasteiger partial charge >= 0.3 is 0 Å². The number of carbonyl (C=O) groups excluding carboxylic acids is 2. The summed E-state index contributed by atoms with van der Waals surface area (Å²) < 4.78 is 5.66. The second kappa shape index (κ2) is 8.83. The number of aromatic nitrogens is 1. The monoisotopic (exact) mass is 424 g/mol. The molecule has 2 saturated heterocycles. The van der Waals surface area contributed by atoms with E-state index in [0.29, 0.717) is 37.7 Å². The fraction of sp³-hybridized carbons (Fsp3) is 0.542. The largest absolute Gasteiger partial charge is 0.361 e. The van der Waals surface area contributed by atoms with Crippen LogP contribution in [0.3, 0.4) is 0 Å². The predicted octanol–water partition coefficient (Wildman–Crippen LogP) is 2.68. The summed E-state index contributed by atoms with van der Waals surface area (Å²) in [4.78, 5) is 32.0. The van der Waals surface area contributed by atoms with Gasteiger partial charge in [-0.1, -0.05) is 35.5 Å². The molecule has 0 aliphatic carbocycles. The van der Waals surface area contributed by atoms with Crippen molar-refractivity contribution in [3.05, 3.63) is 42.2 Å². The van der Waals surface area contributed by atoms with Crippen molar-refractivity contribution in [2.45, 2.75) is 39.7 Å². The molecule has 0 unspecified atom stereocenters. The number of nitrogens with zero attached hydrogens (tertiary/aromatic N) is 4. The van der Waals surface area contributed by atoms with Gasteiger partial charge in [0.15, 0.2) is 0 Å². The van der Waals surface area contributed by atoms with E-state index in [9.17, 15) is 9.59 Å². The molecule has 2 aliphatic rings. The molecule has 31 heavy (non-hydrogen) atoms. The van der Waals surface area contributed by atoms with E-state index in [4.69, 9.17) is 4.52 Å². The van der Waals surface area contributed by atoms with Crippen LogP contribution in [0.1, 0.15) is 33.0 Å². The first-order chi connectivity index (χ1) is 14.9. The molecule has 0 radical (unpaired) electrons. The number of rotatable bonds is 5. The van der Waals surface area contributed by atoms with Gasteiger partial charge < -0.3 is 14.3 Å². The maximum Gasteiger partial charge on any atom is 0.231 e. The molecule has 1 aromatic heterocycles. The zero-order chi connectivity index (χ0) is 22.0. The van der Waals surface area contributed by atoms with Crippen molar-refractivity contribution in [3.63, 3.8) is 0 Å². The number of hydrogen-bond donors (Lipinski definition) is 0. The van der Waals surface area contributed by atoms with Crippen molar-refractivity contribution < 1.29 is 14.1 Å². The van der Waals surface area contributed by atoms with Crippen molar-refractivity contribution in [1.82, 2.24) is 19.9 Å². The molecular formula is C24H32N4O3. The Morgan fingerprint density at radius 2 is 1.77 bits per heavy atom. The minimum atomic E-state index is -0.654. The molecule has 0 spiro atoms. The Morgan fingerprint density at radius 1 is 1.06 bits per heavy atom. The van der Waals surface area contributed by atoms with Crippen LogP contribution < -0.4 is 0 Å². The van der Waals surface area contributed by atoms with Crippen LogP contribution in [0.2, 0.25) is 0 Å². The summed E-state index contributed by atoms with van der Waals surface area (Å²) in [5, 5.41) is 4.23. The minimum absolute atomic E-state index is 0.0156. The molecule has 2 amide bonds. The highest BCUT2D eigenvalue weighted by molar-refractivity contribution is 5.85. The van der Waals surface area contributed by atoms with Crippen LogP contribution in [0.15, 0.2) is 40.9 Å². The molecule has 3 heterocycles. The highest BCUT2D eigenvalue weighted by Crippen LogP contribution is 2.37. The average molecular weight is 425 g/mol. The van der Waals surface area contributed by atoms with E-state index in [1.54, 1.807) is 11.8 Å². The van der Waals surface area contributed by atoms with E-state index >= 15 is 0 Å². The Labute approximate surface area is 184 Å². The first kappa shape index (κ1) is 21.6. The molecule has 2 aliphatic heterocycles. The fourth-order valence-corrected chi connectivity index (χ4v) is 4.79. The van der Waals surface area contributed by atoms with E-state index in [-0.39, 0.29) is 11.8 Å². The third kappa shape index (κ3) is 4.51. The fourth-order valence-electron chi connectivity index (χ4n) is 4.79. The van der Waals surface area contributed by atoms with Crippen LogP contribution in [0.5, 0.6) is 0 Å². The molecule has 0 bridgehead atoms. The van der Waals surface area contributed by atoms with Gasteiger partial charge in [-0.05, 0) is 20.3 Å². The summed E-state index contributed by atoms with van der Waals surface area (Å²) in [6.45, 7) is 10.2. The van der Waals surface area contributed by atoms with Crippen molar-refractivity contribution in [2.24, 2.45) is 5.41 Å². The van der Waals surface area contributed by atoms with E-state index in [1.807, 2.05) is 41.3 Å². The lowest BCUT2D eigenvalue weighted by Crippen LogP contribution is -2.55. The zero-order valence-electron chi connectivity index (χ0n) is 18.7. The first-order valence-electron chi connectivity index (χ1n) is 11.2.